The van der Waals surface area contributed by atoms with Gasteiger partial charge in [-0.05, 0) is 37.6 Å². The molecule has 1 aliphatic heterocycles. The molecule has 0 aliphatic carbocycles. The molecule has 1 aromatic carbocycles. The summed E-state index contributed by atoms with van der Waals surface area (Å²) in [6, 6.07) is 6.19. The van der Waals surface area contributed by atoms with Crippen LogP contribution < -0.4 is 14.9 Å². The first-order chi connectivity index (χ1) is 16.8. The SMILES string of the molecule is Cc1c[nH]c2ncnc(N3CCN(C(=NC#N)Nc4cccc(S(=O)(=O)NCCO)c4)C(C)C3)c12. The first-order valence-corrected chi connectivity index (χ1v) is 12.6. The summed E-state index contributed by atoms with van der Waals surface area (Å²) in [5.41, 5.74) is 2.34. The van der Waals surface area contributed by atoms with E-state index in [-0.39, 0.29) is 24.1 Å². The summed E-state index contributed by atoms with van der Waals surface area (Å²) in [6.45, 7) is 5.52. The lowest BCUT2D eigenvalue weighted by Gasteiger charge is -2.41. The third-order valence-corrected chi connectivity index (χ3v) is 7.27. The normalized spacial score (nSPS) is 17.0. The highest BCUT2D eigenvalue weighted by Crippen LogP contribution is 2.28. The number of nitriles is 1. The second-order valence-corrected chi connectivity index (χ2v) is 9.96. The van der Waals surface area contributed by atoms with Crippen LogP contribution in [-0.2, 0) is 10.0 Å². The van der Waals surface area contributed by atoms with Gasteiger partial charge in [0.25, 0.3) is 0 Å². The molecule has 13 heteroatoms. The van der Waals surface area contributed by atoms with Crippen molar-refractivity contribution in [3.05, 3.63) is 42.4 Å². The standard InChI is InChI=1S/C22H27N9O3S/c1-15-11-24-20-19(15)21(27-14-26-20)30-7-8-31(16(2)12-30)22(25-13-23)29-17-4-3-5-18(10-17)35(33,34)28-6-9-32/h3-5,10-11,14,16,28,32H,6-9,12H2,1-2H3,(H,25,29)(H,24,26,27). The number of rotatable bonds is 6. The molecule has 1 atom stereocenters. The Morgan fingerprint density at radius 2 is 2.20 bits per heavy atom. The predicted molar refractivity (Wildman–Crippen MR) is 132 cm³/mol. The number of piperazine rings is 1. The monoisotopic (exact) mass is 497 g/mol. The average Bonchev–Trinajstić information content (AvgIpc) is 3.24. The number of aliphatic hydroxyl groups excluding tert-OH is 1. The number of aryl methyl sites for hydroxylation is 1. The zero-order valence-corrected chi connectivity index (χ0v) is 20.2. The number of aliphatic hydroxyl groups is 1. The molecule has 4 N–H and O–H groups in total. The molecule has 1 unspecified atom stereocenters. The van der Waals surface area contributed by atoms with E-state index in [1.807, 2.05) is 31.1 Å². The van der Waals surface area contributed by atoms with Crippen LogP contribution >= 0.6 is 0 Å². The van der Waals surface area contributed by atoms with E-state index in [0.29, 0.717) is 31.3 Å². The summed E-state index contributed by atoms with van der Waals surface area (Å²) >= 11 is 0. The zero-order valence-electron chi connectivity index (χ0n) is 19.4. The Morgan fingerprint density at radius 3 is 2.94 bits per heavy atom. The highest BCUT2D eigenvalue weighted by Gasteiger charge is 2.29. The molecule has 0 spiro atoms. The molecule has 1 fully saturated rings. The van der Waals surface area contributed by atoms with Crippen molar-refractivity contribution >= 4 is 38.5 Å². The summed E-state index contributed by atoms with van der Waals surface area (Å²) in [7, 11) is -3.77. The molecule has 1 saturated heterocycles. The molecule has 35 heavy (non-hydrogen) atoms. The lowest BCUT2D eigenvalue weighted by atomic mass is 10.1. The molecule has 184 valence electrons. The van der Waals surface area contributed by atoms with E-state index in [9.17, 15) is 13.7 Å². The molecule has 0 radical (unpaired) electrons. The van der Waals surface area contributed by atoms with Crippen molar-refractivity contribution in [2.24, 2.45) is 4.99 Å². The Balaban J connectivity index is 1.52. The molecule has 4 rings (SSSR count). The number of aromatic amines is 1. The van der Waals surface area contributed by atoms with Crippen molar-refractivity contribution in [1.29, 1.82) is 5.26 Å². The summed E-state index contributed by atoms with van der Waals surface area (Å²) in [4.78, 5) is 20.2. The highest BCUT2D eigenvalue weighted by molar-refractivity contribution is 7.89. The van der Waals surface area contributed by atoms with Gasteiger partial charge in [-0.25, -0.2) is 23.1 Å². The molecular weight excluding hydrogens is 470 g/mol. The molecular formula is C22H27N9O3S. The lowest BCUT2D eigenvalue weighted by molar-refractivity contribution is 0.297. The molecule has 12 nitrogen and oxygen atoms in total. The van der Waals surface area contributed by atoms with E-state index < -0.39 is 10.0 Å². The van der Waals surface area contributed by atoms with Crippen molar-refractivity contribution in [3.63, 3.8) is 0 Å². The zero-order chi connectivity index (χ0) is 25.0. The van der Waals surface area contributed by atoms with Gasteiger partial charge in [0.15, 0.2) is 0 Å². The van der Waals surface area contributed by atoms with Gasteiger partial charge in [0.05, 0.1) is 16.9 Å². The van der Waals surface area contributed by atoms with Crippen LogP contribution in [-0.4, -0.2) is 78.2 Å². The molecule has 0 amide bonds. The molecule has 0 saturated carbocycles. The number of aromatic nitrogens is 3. The van der Waals surface area contributed by atoms with Gasteiger partial charge < -0.3 is 25.2 Å². The Hall–Kier alpha value is -3.73. The van der Waals surface area contributed by atoms with Crippen LogP contribution in [0.1, 0.15) is 12.5 Å². The molecule has 3 aromatic rings. The average molecular weight is 498 g/mol. The van der Waals surface area contributed by atoms with Gasteiger partial charge in [-0.3, -0.25) is 0 Å². The van der Waals surface area contributed by atoms with Crippen LogP contribution in [0.2, 0.25) is 0 Å². The maximum atomic E-state index is 12.4. The number of nitrogens with zero attached hydrogens (tertiary/aromatic N) is 6. The number of benzene rings is 1. The minimum Gasteiger partial charge on any atom is -0.395 e. The van der Waals surface area contributed by atoms with Gasteiger partial charge in [0, 0.05) is 44.1 Å². The number of guanidine groups is 1. The van der Waals surface area contributed by atoms with E-state index in [0.717, 1.165) is 22.4 Å². The maximum Gasteiger partial charge on any atom is 0.240 e. The number of anilines is 2. The first-order valence-electron chi connectivity index (χ1n) is 11.1. The molecule has 1 aliphatic rings. The van der Waals surface area contributed by atoms with Crippen LogP contribution in [0.3, 0.4) is 0 Å². The van der Waals surface area contributed by atoms with E-state index >= 15 is 0 Å². The third-order valence-electron chi connectivity index (χ3n) is 5.81. The number of H-pyrrole nitrogens is 1. The number of fused-ring (bicyclic) bond motifs is 1. The number of nitrogens with one attached hydrogen (secondary N) is 3. The first kappa shape index (κ1) is 24.4. The summed E-state index contributed by atoms with van der Waals surface area (Å²) in [5.74, 6) is 1.20. The Labute approximate surface area is 203 Å². The Kier molecular flexibility index (Phi) is 7.15. The van der Waals surface area contributed by atoms with Crippen LogP contribution in [0.25, 0.3) is 11.0 Å². The van der Waals surface area contributed by atoms with Gasteiger partial charge >= 0.3 is 0 Å². The van der Waals surface area contributed by atoms with Crippen molar-refractivity contribution in [2.45, 2.75) is 24.8 Å². The Morgan fingerprint density at radius 1 is 1.37 bits per heavy atom. The number of aliphatic imine (C=N–C) groups is 1. The second kappa shape index (κ2) is 10.3. The second-order valence-electron chi connectivity index (χ2n) is 8.19. The summed E-state index contributed by atoms with van der Waals surface area (Å²) in [5, 5.41) is 22.3. The van der Waals surface area contributed by atoms with E-state index in [2.05, 4.69) is 34.9 Å². The van der Waals surface area contributed by atoms with Crippen molar-refractivity contribution in [2.75, 3.05) is 43.0 Å². The molecule has 0 bridgehead atoms. The van der Waals surface area contributed by atoms with Gasteiger partial charge in [-0.15, -0.1) is 4.99 Å². The van der Waals surface area contributed by atoms with E-state index in [1.54, 1.807) is 18.5 Å². The fraction of sp³-hybridized carbons (Fsp3) is 0.364. The fourth-order valence-corrected chi connectivity index (χ4v) is 5.21. The highest BCUT2D eigenvalue weighted by atomic mass is 32.2. The number of hydrogen-bond donors (Lipinski definition) is 4. The number of sulfonamides is 1. The van der Waals surface area contributed by atoms with Crippen LogP contribution in [0.15, 0.2) is 46.7 Å². The van der Waals surface area contributed by atoms with Gasteiger partial charge in [0.1, 0.15) is 17.8 Å². The van der Waals surface area contributed by atoms with Gasteiger partial charge in [-0.2, -0.15) is 5.26 Å². The largest absolute Gasteiger partial charge is 0.395 e. The summed E-state index contributed by atoms with van der Waals surface area (Å²) in [6.07, 6.45) is 5.30. The van der Waals surface area contributed by atoms with Crippen molar-refractivity contribution in [1.82, 2.24) is 24.6 Å². The van der Waals surface area contributed by atoms with Gasteiger partial charge in [0.2, 0.25) is 22.2 Å². The smallest absolute Gasteiger partial charge is 0.240 e. The van der Waals surface area contributed by atoms with E-state index in [4.69, 9.17) is 5.11 Å². The van der Waals surface area contributed by atoms with Crippen LogP contribution in [0.5, 0.6) is 0 Å². The fourth-order valence-electron chi connectivity index (χ4n) is 4.15. The molecule has 3 heterocycles. The minimum atomic E-state index is -3.77. The van der Waals surface area contributed by atoms with E-state index in [1.165, 1.54) is 12.1 Å². The predicted octanol–water partition coefficient (Wildman–Crippen LogP) is 0.997. The number of hydrogen-bond acceptors (Lipinski definition) is 8. The lowest BCUT2D eigenvalue weighted by Crippen LogP contribution is -2.56. The minimum absolute atomic E-state index is 0.0225. The Bertz CT molecular complexity index is 1380. The van der Waals surface area contributed by atoms with Crippen molar-refractivity contribution in [3.8, 4) is 6.19 Å². The molecule has 2 aromatic heterocycles. The van der Waals surface area contributed by atoms with Crippen molar-refractivity contribution < 1.29 is 13.5 Å². The van der Waals surface area contributed by atoms with Crippen LogP contribution in [0.4, 0.5) is 11.5 Å². The topological polar surface area (TPSA) is 163 Å². The summed E-state index contributed by atoms with van der Waals surface area (Å²) < 4.78 is 27.2. The van der Waals surface area contributed by atoms with Crippen LogP contribution in [0, 0.1) is 18.4 Å². The maximum absolute atomic E-state index is 12.4. The third kappa shape index (κ3) is 5.19. The van der Waals surface area contributed by atoms with Gasteiger partial charge in [-0.1, -0.05) is 6.07 Å². The quantitative estimate of drug-likeness (QED) is 0.221.